The monoisotopic (exact) mass is 320 g/mol. The second kappa shape index (κ2) is 4.81. The fourth-order valence-electron chi connectivity index (χ4n) is 2.59. The van der Waals surface area contributed by atoms with Gasteiger partial charge in [0.05, 0.1) is 5.69 Å². The van der Waals surface area contributed by atoms with Crippen LogP contribution in [0, 0.1) is 0 Å². The molecule has 0 saturated heterocycles. The highest BCUT2D eigenvalue weighted by Gasteiger charge is 2.25. The molecule has 0 amide bonds. The van der Waals surface area contributed by atoms with Crippen molar-refractivity contribution in [2.75, 3.05) is 0 Å². The van der Waals surface area contributed by atoms with Crippen molar-refractivity contribution in [1.29, 1.82) is 0 Å². The zero-order valence-electron chi connectivity index (χ0n) is 10.3. The Morgan fingerprint density at radius 2 is 2.11 bits per heavy atom. The predicted molar refractivity (Wildman–Crippen MR) is 74.9 cm³/mol. The van der Waals surface area contributed by atoms with E-state index in [4.69, 9.17) is 0 Å². The lowest BCUT2D eigenvalue weighted by molar-refractivity contribution is 0.0688. The van der Waals surface area contributed by atoms with Crippen molar-refractivity contribution < 1.29 is 9.90 Å². The number of rotatable bonds is 2. The van der Waals surface area contributed by atoms with Gasteiger partial charge in [-0.25, -0.2) is 9.48 Å². The van der Waals surface area contributed by atoms with Gasteiger partial charge in [-0.15, -0.1) is 0 Å². The second-order valence-electron chi connectivity index (χ2n) is 4.68. The number of aromatic nitrogens is 2. The summed E-state index contributed by atoms with van der Waals surface area (Å²) in [6.45, 7) is 0. The van der Waals surface area contributed by atoms with Crippen LogP contribution in [0.2, 0.25) is 0 Å². The molecule has 0 aliphatic heterocycles. The van der Waals surface area contributed by atoms with Crippen LogP contribution in [0.3, 0.4) is 0 Å². The van der Waals surface area contributed by atoms with Crippen molar-refractivity contribution in [2.24, 2.45) is 0 Å². The molecule has 98 valence electrons. The molecule has 1 aliphatic carbocycles. The molecule has 1 aliphatic rings. The van der Waals surface area contributed by atoms with E-state index in [0.29, 0.717) is 0 Å². The Kier molecular flexibility index (Phi) is 3.14. The van der Waals surface area contributed by atoms with E-state index in [0.717, 1.165) is 47.1 Å². The van der Waals surface area contributed by atoms with Crippen LogP contribution in [0.25, 0.3) is 5.69 Å². The highest BCUT2D eigenvalue weighted by atomic mass is 79.9. The molecule has 4 nitrogen and oxygen atoms in total. The Balaban J connectivity index is 2.19. The van der Waals surface area contributed by atoms with Crippen LogP contribution < -0.4 is 0 Å². The molecule has 2 aromatic rings. The maximum absolute atomic E-state index is 11.3. The summed E-state index contributed by atoms with van der Waals surface area (Å²) < 4.78 is 2.74. The van der Waals surface area contributed by atoms with Crippen molar-refractivity contribution in [3.63, 3.8) is 0 Å². The van der Waals surface area contributed by atoms with E-state index in [1.807, 2.05) is 24.3 Å². The van der Waals surface area contributed by atoms with Gasteiger partial charge in [-0.2, -0.15) is 5.10 Å². The molecule has 0 bridgehead atoms. The molecule has 0 atom stereocenters. The number of hydrogen-bond acceptors (Lipinski definition) is 2. The summed E-state index contributed by atoms with van der Waals surface area (Å²) >= 11 is 3.43. The topological polar surface area (TPSA) is 55.1 Å². The number of fused-ring (bicyclic) bond motifs is 1. The number of hydrogen-bond donors (Lipinski definition) is 1. The van der Waals surface area contributed by atoms with Gasteiger partial charge in [0.15, 0.2) is 5.69 Å². The molecule has 3 rings (SSSR count). The first-order valence-corrected chi connectivity index (χ1v) is 7.06. The van der Waals surface area contributed by atoms with Gasteiger partial charge >= 0.3 is 5.97 Å². The summed E-state index contributed by atoms with van der Waals surface area (Å²) in [5, 5.41) is 13.6. The van der Waals surface area contributed by atoms with Gasteiger partial charge in [-0.1, -0.05) is 22.0 Å². The first-order chi connectivity index (χ1) is 9.16. The lowest BCUT2D eigenvalue weighted by atomic mass is 9.95. The van der Waals surface area contributed by atoms with Gasteiger partial charge in [0.25, 0.3) is 0 Å². The highest BCUT2D eigenvalue weighted by molar-refractivity contribution is 9.10. The van der Waals surface area contributed by atoms with Crippen molar-refractivity contribution in [1.82, 2.24) is 9.78 Å². The minimum absolute atomic E-state index is 0.203. The summed E-state index contributed by atoms with van der Waals surface area (Å²) in [7, 11) is 0. The van der Waals surface area contributed by atoms with Gasteiger partial charge in [0, 0.05) is 15.7 Å². The van der Waals surface area contributed by atoms with E-state index in [2.05, 4.69) is 21.0 Å². The van der Waals surface area contributed by atoms with E-state index in [1.165, 1.54) is 0 Å². The molecule has 19 heavy (non-hydrogen) atoms. The van der Waals surface area contributed by atoms with Crippen molar-refractivity contribution >= 4 is 21.9 Å². The first kappa shape index (κ1) is 12.4. The van der Waals surface area contributed by atoms with E-state index >= 15 is 0 Å². The van der Waals surface area contributed by atoms with Crippen LogP contribution in [0.4, 0.5) is 0 Å². The number of benzene rings is 1. The fourth-order valence-corrected chi connectivity index (χ4v) is 2.98. The number of aromatic carboxylic acids is 1. The van der Waals surface area contributed by atoms with E-state index in [-0.39, 0.29) is 5.69 Å². The molecule has 1 heterocycles. The van der Waals surface area contributed by atoms with Gasteiger partial charge in [0.2, 0.25) is 0 Å². The molecular formula is C14H13BrN2O2. The number of halogens is 1. The Morgan fingerprint density at radius 3 is 2.84 bits per heavy atom. The van der Waals surface area contributed by atoms with Crippen LogP contribution in [-0.2, 0) is 12.8 Å². The van der Waals surface area contributed by atoms with Gasteiger partial charge in [-0.3, -0.25) is 0 Å². The molecule has 1 N–H and O–H groups in total. The van der Waals surface area contributed by atoms with Crippen LogP contribution in [0.15, 0.2) is 28.7 Å². The van der Waals surface area contributed by atoms with Gasteiger partial charge in [-0.05, 0) is 43.9 Å². The quantitative estimate of drug-likeness (QED) is 0.924. The van der Waals surface area contributed by atoms with E-state index < -0.39 is 5.97 Å². The minimum Gasteiger partial charge on any atom is -0.476 e. The number of nitrogens with zero attached hydrogens (tertiary/aromatic N) is 2. The maximum atomic E-state index is 11.3. The SMILES string of the molecule is O=C(O)c1nn(-c2cccc(Br)c2)c2c1CCCC2. The van der Waals surface area contributed by atoms with Crippen LogP contribution in [-0.4, -0.2) is 20.9 Å². The smallest absolute Gasteiger partial charge is 0.356 e. The second-order valence-corrected chi connectivity index (χ2v) is 5.59. The standard InChI is InChI=1S/C14H13BrN2O2/c15-9-4-3-5-10(8-9)17-12-7-2-1-6-11(12)13(16-17)14(18)19/h3-5,8H,1-2,6-7H2,(H,18,19). The highest BCUT2D eigenvalue weighted by Crippen LogP contribution is 2.27. The Morgan fingerprint density at radius 1 is 1.32 bits per heavy atom. The third-order valence-electron chi connectivity index (χ3n) is 3.44. The molecule has 1 aromatic carbocycles. The summed E-state index contributed by atoms with van der Waals surface area (Å²) in [6, 6.07) is 7.76. The van der Waals surface area contributed by atoms with Crippen molar-refractivity contribution in [2.45, 2.75) is 25.7 Å². The number of carbonyl (C=O) groups is 1. The van der Waals surface area contributed by atoms with E-state index in [1.54, 1.807) is 4.68 Å². The third kappa shape index (κ3) is 2.18. The van der Waals surface area contributed by atoms with Crippen LogP contribution in [0.5, 0.6) is 0 Å². The zero-order valence-corrected chi connectivity index (χ0v) is 11.9. The first-order valence-electron chi connectivity index (χ1n) is 6.27. The normalized spacial score (nSPS) is 14.2. The Labute approximate surface area is 119 Å². The van der Waals surface area contributed by atoms with Crippen LogP contribution >= 0.6 is 15.9 Å². The molecular weight excluding hydrogens is 308 g/mol. The zero-order chi connectivity index (χ0) is 13.4. The minimum atomic E-state index is -0.938. The summed E-state index contributed by atoms with van der Waals surface area (Å²) in [4.78, 5) is 11.3. The molecule has 0 saturated carbocycles. The van der Waals surface area contributed by atoms with Crippen molar-refractivity contribution in [3.8, 4) is 5.69 Å². The van der Waals surface area contributed by atoms with E-state index in [9.17, 15) is 9.90 Å². The molecule has 0 unspecified atom stereocenters. The summed E-state index contributed by atoms with van der Waals surface area (Å²) in [5.74, 6) is -0.938. The van der Waals surface area contributed by atoms with Gasteiger partial charge in [0.1, 0.15) is 0 Å². The van der Waals surface area contributed by atoms with Crippen molar-refractivity contribution in [3.05, 3.63) is 45.7 Å². The maximum Gasteiger partial charge on any atom is 0.356 e. The molecule has 0 spiro atoms. The third-order valence-corrected chi connectivity index (χ3v) is 3.93. The fraction of sp³-hybridized carbons (Fsp3) is 0.286. The van der Waals surface area contributed by atoms with Crippen LogP contribution in [0.1, 0.15) is 34.6 Å². The average molecular weight is 321 g/mol. The molecule has 1 aromatic heterocycles. The molecule has 0 radical (unpaired) electrons. The summed E-state index contributed by atoms with van der Waals surface area (Å²) in [6.07, 6.45) is 3.83. The molecule has 5 heteroatoms. The number of carboxylic acid groups (broad SMARTS) is 1. The lowest BCUT2D eigenvalue weighted by Crippen LogP contribution is -2.08. The number of carboxylic acids is 1. The van der Waals surface area contributed by atoms with Gasteiger partial charge < -0.3 is 5.11 Å². The Hall–Kier alpha value is -1.62. The predicted octanol–water partition coefficient (Wildman–Crippen LogP) is 3.21. The largest absolute Gasteiger partial charge is 0.476 e. The lowest BCUT2D eigenvalue weighted by Gasteiger charge is -2.14. The molecule has 0 fully saturated rings. The summed E-state index contributed by atoms with van der Waals surface area (Å²) in [5.41, 5.74) is 3.05. The Bertz CT molecular complexity index is 649. The average Bonchev–Trinajstić information content (AvgIpc) is 2.78.